The van der Waals surface area contributed by atoms with Crippen molar-refractivity contribution >= 4 is 17.3 Å². The summed E-state index contributed by atoms with van der Waals surface area (Å²) < 4.78 is 0. The summed E-state index contributed by atoms with van der Waals surface area (Å²) in [4.78, 5) is 14.2. The molecule has 1 aliphatic heterocycles. The Kier molecular flexibility index (Phi) is 5.62. The quantitative estimate of drug-likeness (QED) is 0.876. The van der Waals surface area contributed by atoms with E-state index in [-0.39, 0.29) is 5.91 Å². The Balaban J connectivity index is 1.87. The number of carbonyl (C=O) groups excluding carboxylic acids is 1. The van der Waals surface area contributed by atoms with Crippen LogP contribution >= 0.6 is 0 Å². The van der Waals surface area contributed by atoms with Crippen molar-refractivity contribution in [1.82, 2.24) is 5.32 Å². The molecule has 0 bridgehead atoms. The molecule has 1 amide bonds. The molecule has 0 radical (unpaired) electrons. The molecule has 4 nitrogen and oxygen atoms in total. The minimum atomic E-state index is 0.115. The SMILES string of the molecule is CC(CC(=O)Nc1cccc(N(C)C)c1)C1CCCNC1. The van der Waals surface area contributed by atoms with Crippen LogP contribution in [0.4, 0.5) is 11.4 Å². The van der Waals surface area contributed by atoms with Gasteiger partial charge in [0, 0.05) is 31.9 Å². The van der Waals surface area contributed by atoms with Gasteiger partial charge in [-0.3, -0.25) is 4.79 Å². The number of carbonyl (C=O) groups is 1. The van der Waals surface area contributed by atoms with E-state index in [4.69, 9.17) is 0 Å². The standard InChI is InChI=1S/C17H27N3O/c1-13(14-6-5-9-18-12-14)10-17(21)19-15-7-4-8-16(11-15)20(2)3/h4,7-8,11,13-14,18H,5-6,9-10,12H2,1-3H3,(H,19,21). The monoisotopic (exact) mass is 289 g/mol. The molecule has 1 saturated heterocycles. The van der Waals surface area contributed by atoms with Crippen LogP contribution in [-0.2, 0) is 4.79 Å². The molecule has 2 unspecified atom stereocenters. The van der Waals surface area contributed by atoms with Crippen LogP contribution in [0.1, 0.15) is 26.2 Å². The predicted molar refractivity (Wildman–Crippen MR) is 88.8 cm³/mol. The lowest BCUT2D eigenvalue weighted by Crippen LogP contribution is -2.34. The van der Waals surface area contributed by atoms with Crippen molar-refractivity contribution < 1.29 is 4.79 Å². The summed E-state index contributed by atoms with van der Waals surface area (Å²) in [6, 6.07) is 7.95. The Hall–Kier alpha value is -1.55. The second kappa shape index (κ2) is 7.46. The molecule has 0 spiro atoms. The summed E-state index contributed by atoms with van der Waals surface area (Å²) in [5, 5.41) is 6.44. The average Bonchev–Trinajstić information content (AvgIpc) is 2.48. The van der Waals surface area contributed by atoms with E-state index in [0.29, 0.717) is 18.3 Å². The Morgan fingerprint density at radius 1 is 1.48 bits per heavy atom. The molecule has 116 valence electrons. The van der Waals surface area contributed by atoms with Gasteiger partial charge in [-0.05, 0) is 56.0 Å². The topological polar surface area (TPSA) is 44.4 Å². The summed E-state index contributed by atoms with van der Waals surface area (Å²) in [6.07, 6.45) is 3.05. The molecule has 0 aromatic heterocycles. The predicted octanol–water partition coefficient (Wildman–Crippen LogP) is 2.72. The third-order valence-electron chi connectivity index (χ3n) is 4.29. The second-order valence-corrected chi connectivity index (χ2v) is 6.28. The van der Waals surface area contributed by atoms with Gasteiger partial charge in [-0.25, -0.2) is 0 Å². The Labute approximate surface area is 127 Å². The van der Waals surface area contributed by atoms with Crippen LogP contribution in [-0.4, -0.2) is 33.1 Å². The molecule has 0 aliphatic carbocycles. The Morgan fingerprint density at radius 2 is 2.29 bits per heavy atom. The highest BCUT2D eigenvalue weighted by Crippen LogP contribution is 2.23. The summed E-state index contributed by atoms with van der Waals surface area (Å²) in [7, 11) is 4.00. The maximum Gasteiger partial charge on any atom is 0.224 e. The minimum Gasteiger partial charge on any atom is -0.378 e. The van der Waals surface area contributed by atoms with Crippen molar-refractivity contribution in [3.8, 4) is 0 Å². The Morgan fingerprint density at radius 3 is 2.95 bits per heavy atom. The third-order valence-corrected chi connectivity index (χ3v) is 4.29. The van der Waals surface area contributed by atoms with E-state index in [1.165, 1.54) is 12.8 Å². The highest BCUT2D eigenvalue weighted by atomic mass is 16.1. The van der Waals surface area contributed by atoms with Crippen LogP contribution < -0.4 is 15.5 Å². The van der Waals surface area contributed by atoms with E-state index in [9.17, 15) is 4.79 Å². The van der Waals surface area contributed by atoms with E-state index in [2.05, 4.69) is 17.6 Å². The van der Waals surface area contributed by atoms with Crippen LogP contribution in [0.5, 0.6) is 0 Å². The number of amides is 1. The fraction of sp³-hybridized carbons (Fsp3) is 0.588. The van der Waals surface area contributed by atoms with Crippen molar-refractivity contribution in [2.45, 2.75) is 26.2 Å². The number of piperidine rings is 1. The fourth-order valence-electron chi connectivity index (χ4n) is 2.90. The number of nitrogens with zero attached hydrogens (tertiary/aromatic N) is 1. The second-order valence-electron chi connectivity index (χ2n) is 6.28. The first-order valence-electron chi connectivity index (χ1n) is 7.84. The van der Waals surface area contributed by atoms with Crippen molar-refractivity contribution in [2.24, 2.45) is 11.8 Å². The molecule has 1 fully saturated rings. The van der Waals surface area contributed by atoms with E-state index < -0.39 is 0 Å². The molecular formula is C17H27N3O. The molecule has 1 heterocycles. The van der Waals surface area contributed by atoms with Gasteiger partial charge in [-0.15, -0.1) is 0 Å². The van der Waals surface area contributed by atoms with Crippen molar-refractivity contribution in [1.29, 1.82) is 0 Å². The number of hydrogen-bond acceptors (Lipinski definition) is 3. The van der Waals surface area contributed by atoms with Gasteiger partial charge in [0.05, 0.1) is 0 Å². The molecule has 1 aliphatic rings. The van der Waals surface area contributed by atoms with Gasteiger partial charge >= 0.3 is 0 Å². The van der Waals surface area contributed by atoms with Gasteiger partial charge in [0.15, 0.2) is 0 Å². The number of hydrogen-bond donors (Lipinski definition) is 2. The molecule has 2 N–H and O–H groups in total. The van der Waals surface area contributed by atoms with Crippen LogP contribution in [0, 0.1) is 11.8 Å². The zero-order valence-corrected chi connectivity index (χ0v) is 13.4. The molecular weight excluding hydrogens is 262 g/mol. The van der Waals surface area contributed by atoms with Gasteiger partial charge in [0.25, 0.3) is 0 Å². The summed E-state index contributed by atoms with van der Waals surface area (Å²) >= 11 is 0. The summed E-state index contributed by atoms with van der Waals surface area (Å²) in [5.41, 5.74) is 1.97. The van der Waals surface area contributed by atoms with Gasteiger partial charge in [-0.1, -0.05) is 13.0 Å². The molecule has 21 heavy (non-hydrogen) atoms. The molecule has 0 saturated carbocycles. The van der Waals surface area contributed by atoms with Crippen LogP contribution in [0.3, 0.4) is 0 Å². The lowest BCUT2D eigenvalue weighted by Gasteiger charge is -2.28. The highest BCUT2D eigenvalue weighted by molar-refractivity contribution is 5.91. The van der Waals surface area contributed by atoms with E-state index in [1.54, 1.807) is 0 Å². The normalized spacial score (nSPS) is 19.9. The molecule has 1 aromatic carbocycles. The molecule has 2 atom stereocenters. The van der Waals surface area contributed by atoms with Crippen molar-refractivity contribution in [3.05, 3.63) is 24.3 Å². The van der Waals surface area contributed by atoms with Gasteiger partial charge in [0.1, 0.15) is 0 Å². The highest BCUT2D eigenvalue weighted by Gasteiger charge is 2.22. The number of rotatable bonds is 5. The molecule has 4 heteroatoms. The zero-order valence-electron chi connectivity index (χ0n) is 13.4. The average molecular weight is 289 g/mol. The largest absolute Gasteiger partial charge is 0.378 e. The lowest BCUT2D eigenvalue weighted by molar-refractivity contribution is -0.117. The van der Waals surface area contributed by atoms with Gasteiger partial charge < -0.3 is 15.5 Å². The first kappa shape index (κ1) is 15.8. The number of nitrogens with one attached hydrogen (secondary N) is 2. The van der Waals surface area contributed by atoms with Crippen molar-refractivity contribution in [3.63, 3.8) is 0 Å². The maximum atomic E-state index is 12.2. The maximum absolute atomic E-state index is 12.2. The molecule has 2 rings (SSSR count). The summed E-state index contributed by atoms with van der Waals surface area (Å²) in [5.74, 6) is 1.16. The minimum absolute atomic E-state index is 0.115. The number of benzene rings is 1. The van der Waals surface area contributed by atoms with Crippen molar-refractivity contribution in [2.75, 3.05) is 37.4 Å². The smallest absolute Gasteiger partial charge is 0.224 e. The lowest BCUT2D eigenvalue weighted by atomic mass is 9.85. The van der Waals surface area contributed by atoms with E-state index in [0.717, 1.165) is 24.5 Å². The molecule has 1 aromatic rings. The van der Waals surface area contributed by atoms with Crippen LogP contribution in [0.2, 0.25) is 0 Å². The fourth-order valence-corrected chi connectivity index (χ4v) is 2.90. The Bertz CT molecular complexity index is 467. The van der Waals surface area contributed by atoms with Gasteiger partial charge in [-0.2, -0.15) is 0 Å². The van der Waals surface area contributed by atoms with E-state index >= 15 is 0 Å². The van der Waals surface area contributed by atoms with Crippen LogP contribution in [0.15, 0.2) is 24.3 Å². The zero-order chi connectivity index (χ0) is 15.2. The first-order chi connectivity index (χ1) is 10.1. The van der Waals surface area contributed by atoms with Gasteiger partial charge in [0.2, 0.25) is 5.91 Å². The third kappa shape index (κ3) is 4.74. The summed E-state index contributed by atoms with van der Waals surface area (Å²) in [6.45, 7) is 4.35. The van der Waals surface area contributed by atoms with E-state index in [1.807, 2.05) is 43.3 Å². The van der Waals surface area contributed by atoms with Crippen LogP contribution in [0.25, 0.3) is 0 Å². The first-order valence-corrected chi connectivity index (χ1v) is 7.84. The number of anilines is 2.